The van der Waals surface area contributed by atoms with Crippen LogP contribution in [-0.4, -0.2) is 18.4 Å². The lowest BCUT2D eigenvalue weighted by atomic mass is 9.84. The summed E-state index contributed by atoms with van der Waals surface area (Å²) < 4.78 is 0. The van der Waals surface area contributed by atoms with E-state index in [1.54, 1.807) is 0 Å². The van der Waals surface area contributed by atoms with Crippen LogP contribution in [-0.2, 0) is 15.0 Å². The van der Waals surface area contributed by atoms with Gasteiger partial charge in [0.2, 0.25) is 11.8 Å². The van der Waals surface area contributed by atoms with Gasteiger partial charge < -0.3 is 10.6 Å². The molecule has 2 amide bonds. The fourth-order valence-corrected chi connectivity index (χ4v) is 2.56. The molecule has 0 spiro atoms. The van der Waals surface area contributed by atoms with Gasteiger partial charge in [0.05, 0.1) is 12.0 Å². The van der Waals surface area contributed by atoms with Gasteiger partial charge in [-0.3, -0.25) is 9.59 Å². The molecular weight excluding hydrogens is 300 g/mol. The summed E-state index contributed by atoms with van der Waals surface area (Å²) in [5.74, 6) is -0.407. The van der Waals surface area contributed by atoms with Crippen LogP contribution in [0.25, 0.3) is 0 Å². The minimum atomic E-state index is -0.694. The van der Waals surface area contributed by atoms with E-state index in [-0.39, 0.29) is 18.4 Å². The van der Waals surface area contributed by atoms with Gasteiger partial charge in [0.25, 0.3) is 0 Å². The van der Waals surface area contributed by atoms with Gasteiger partial charge in [0.15, 0.2) is 0 Å². The molecule has 0 saturated carbocycles. The van der Waals surface area contributed by atoms with Gasteiger partial charge >= 0.3 is 0 Å². The van der Waals surface area contributed by atoms with E-state index >= 15 is 0 Å². The Balaban J connectivity index is 1.98. The number of amides is 2. The van der Waals surface area contributed by atoms with Crippen LogP contribution in [0.15, 0.2) is 48.5 Å². The van der Waals surface area contributed by atoms with E-state index in [2.05, 4.69) is 10.6 Å². The molecule has 0 radical (unpaired) electrons. The third-order valence-corrected chi connectivity index (χ3v) is 4.22. The zero-order valence-electron chi connectivity index (χ0n) is 14.6. The summed E-state index contributed by atoms with van der Waals surface area (Å²) in [6.07, 6.45) is 0. The number of anilines is 1. The van der Waals surface area contributed by atoms with Crippen LogP contribution in [0, 0.1) is 13.8 Å². The zero-order chi connectivity index (χ0) is 17.7. The minimum Gasteiger partial charge on any atom is -0.346 e. The van der Waals surface area contributed by atoms with Crippen LogP contribution in [0.4, 0.5) is 5.69 Å². The Morgan fingerprint density at radius 2 is 1.50 bits per heavy atom. The summed E-state index contributed by atoms with van der Waals surface area (Å²) in [5, 5.41) is 5.60. The average Bonchev–Trinajstić information content (AvgIpc) is 2.57. The number of carbonyl (C=O) groups excluding carboxylic acids is 2. The van der Waals surface area contributed by atoms with E-state index in [1.807, 2.05) is 76.2 Å². The van der Waals surface area contributed by atoms with Crippen LogP contribution in [0.5, 0.6) is 0 Å². The van der Waals surface area contributed by atoms with Crippen LogP contribution < -0.4 is 10.6 Å². The molecule has 0 fully saturated rings. The Labute approximate surface area is 143 Å². The summed E-state index contributed by atoms with van der Waals surface area (Å²) in [5.41, 5.74) is 3.02. The number of nitrogens with one attached hydrogen (secondary N) is 2. The van der Waals surface area contributed by atoms with Crippen LogP contribution in [0.3, 0.4) is 0 Å². The van der Waals surface area contributed by atoms with Crippen molar-refractivity contribution in [3.63, 3.8) is 0 Å². The lowest BCUT2D eigenvalue weighted by Gasteiger charge is -2.24. The molecule has 2 N–H and O–H groups in total. The molecule has 0 aromatic heterocycles. The normalized spacial score (nSPS) is 11.0. The Bertz CT molecular complexity index is 716. The maximum absolute atomic E-state index is 12.5. The SMILES string of the molecule is Cc1cccc(C)c1NC(=O)CNC(=O)C(C)(C)c1ccccc1. The predicted molar refractivity (Wildman–Crippen MR) is 97.0 cm³/mol. The van der Waals surface area contributed by atoms with Gasteiger partial charge in [0.1, 0.15) is 0 Å². The first kappa shape index (κ1) is 17.7. The Morgan fingerprint density at radius 3 is 2.08 bits per heavy atom. The molecule has 0 bridgehead atoms. The molecule has 4 heteroatoms. The van der Waals surface area contributed by atoms with Crippen LogP contribution >= 0.6 is 0 Å². The second kappa shape index (κ2) is 7.30. The smallest absolute Gasteiger partial charge is 0.243 e. The molecular formula is C20H24N2O2. The Morgan fingerprint density at radius 1 is 0.917 bits per heavy atom. The molecule has 2 aromatic rings. The molecule has 2 aromatic carbocycles. The number of carbonyl (C=O) groups is 2. The van der Waals surface area contributed by atoms with Gasteiger partial charge in [-0.2, -0.15) is 0 Å². The van der Waals surface area contributed by atoms with Crippen molar-refractivity contribution >= 4 is 17.5 Å². The minimum absolute atomic E-state index is 0.0527. The van der Waals surface area contributed by atoms with Gasteiger partial charge in [-0.25, -0.2) is 0 Å². The van der Waals surface area contributed by atoms with E-state index < -0.39 is 5.41 Å². The van der Waals surface area contributed by atoms with Gasteiger partial charge in [0, 0.05) is 5.69 Å². The molecule has 4 nitrogen and oxygen atoms in total. The van der Waals surface area contributed by atoms with Crippen LogP contribution in [0.2, 0.25) is 0 Å². The van der Waals surface area contributed by atoms with Gasteiger partial charge in [-0.1, -0.05) is 48.5 Å². The number of para-hydroxylation sites is 1. The van der Waals surface area contributed by atoms with Crippen molar-refractivity contribution in [1.82, 2.24) is 5.32 Å². The van der Waals surface area contributed by atoms with Gasteiger partial charge in [-0.05, 0) is 44.4 Å². The highest BCUT2D eigenvalue weighted by molar-refractivity contribution is 5.97. The third kappa shape index (κ3) is 4.02. The van der Waals surface area contributed by atoms with Crippen molar-refractivity contribution in [2.24, 2.45) is 0 Å². The standard InChI is InChI=1S/C20H24N2O2/c1-14-9-8-10-15(2)18(14)22-17(23)13-21-19(24)20(3,4)16-11-6-5-7-12-16/h5-12H,13H2,1-4H3,(H,21,24)(H,22,23). The second-order valence-corrected chi connectivity index (χ2v) is 6.49. The predicted octanol–water partition coefficient (Wildman–Crippen LogP) is 3.34. The van der Waals surface area contributed by atoms with Crippen molar-refractivity contribution in [3.8, 4) is 0 Å². The molecule has 0 heterocycles. The summed E-state index contributed by atoms with van der Waals surface area (Å²) in [7, 11) is 0. The van der Waals surface area contributed by atoms with Crippen molar-refractivity contribution in [2.75, 3.05) is 11.9 Å². The maximum Gasteiger partial charge on any atom is 0.243 e. The van der Waals surface area contributed by atoms with E-state index in [0.29, 0.717) is 0 Å². The molecule has 0 saturated heterocycles. The highest BCUT2D eigenvalue weighted by Gasteiger charge is 2.29. The average molecular weight is 324 g/mol. The number of aryl methyl sites for hydroxylation is 2. The first-order valence-electron chi connectivity index (χ1n) is 8.02. The molecule has 126 valence electrons. The fourth-order valence-electron chi connectivity index (χ4n) is 2.56. The largest absolute Gasteiger partial charge is 0.346 e. The van der Waals surface area contributed by atoms with Crippen molar-refractivity contribution in [2.45, 2.75) is 33.1 Å². The molecule has 0 aliphatic carbocycles. The third-order valence-electron chi connectivity index (χ3n) is 4.22. The topological polar surface area (TPSA) is 58.2 Å². The maximum atomic E-state index is 12.5. The van der Waals surface area contributed by atoms with Crippen molar-refractivity contribution < 1.29 is 9.59 Å². The summed E-state index contributed by atoms with van der Waals surface area (Å²) in [6.45, 7) is 7.53. The van der Waals surface area contributed by atoms with Crippen LogP contribution in [0.1, 0.15) is 30.5 Å². The fraction of sp³-hybridized carbons (Fsp3) is 0.300. The Hall–Kier alpha value is -2.62. The molecule has 0 aliphatic rings. The highest BCUT2D eigenvalue weighted by Crippen LogP contribution is 2.23. The second-order valence-electron chi connectivity index (χ2n) is 6.49. The summed E-state index contributed by atoms with van der Waals surface area (Å²) in [6, 6.07) is 15.4. The first-order valence-corrected chi connectivity index (χ1v) is 8.02. The zero-order valence-corrected chi connectivity index (χ0v) is 14.6. The monoisotopic (exact) mass is 324 g/mol. The number of hydrogen-bond donors (Lipinski definition) is 2. The first-order chi connectivity index (χ1) is 11.3. The summed E-state index contributed by atoms with van der Waals surface area (Å²) in [4.78, 5) is 24.6. The summed E-state index contributed by atoms with van der Waals surface area (Å²) >= 11 is 0. The Kier molecular flexibility index (Phi) is 5.39. The molecule has 24 heavy (non-hydrogen) atoms. The number of hydrogen-bond acceptors (Lipinski definition) is 2. The van der Waals surface area contributed by atoms with Crippen molar-refractivity contribution in [1.29, 1.82) is 0 Å². The van der Waals surface area contributed by atoms with Crippen molar-refractivity contribution in [3.05, 3.63) is 65.2 Å². The lowest BCUT2D eigenvalue weighted by Crippen LogP contribution is -2.43. The van der Waals surface area contributed by atoms with Gasteiger partial charge in [-0.15, -0.1) is 0 Å². The van der Waals surface area contributed by atoms with E-state index in [1.165, 1.54) is 0 Å². The molecule has 0 atom stereocenters. The number of rotatable bonds is 5. The molecule has 0 unspecified atom stereocenters. The quantitative estimate of drug-likeness (QED) is 0.886. The number of benzene rings is 2. The van der Waals surface area contributed by atoms with E-state index in [0.717, 1.165) is 22.4 Å². The highest BCUT2D eigenvalue weighted by atomic mass is 16.2. The van der Waals surface area contributed by atoms with E-state index in [4.69, 9.17) is 0 Å². The molecule has 0 aliphatic heterocycles. The molecule has 2 rings (SSSR count). The van der Waals surface area contributed by atoms with E-state index in [9.17, 15) is 9.59 Å². The lowest BCUT2D eigenvalue weighted by molar-refractivity contribution is -0.127.